The third kappa shape index (κ3) is 1.47. The summed E-state index contributed by atoms with van der Waals surface area (Å²) in [6, 6.07) is 3.25. The first-order valence-corrected chi connectivity index (χ1v) is 3.26. The van der Waals surface area contributed by atoms with E-state index in [9.17, 15) is 0 Å². The van der Waals surface area contributed by atoms with E-state index in [2.05, 4.69) is 0 Å². The SMILES string of the molecule is N#CC(C#N)=C1OCC(CO)O1. The molecule has 1 atom stereocenters. The lowest BCUT2D eigenvalue weighted by Gasteiger charge is -2.00. The Morgan fingerprint density at radius 3 is 2.67 bits per heavy atom. The number of nitrogens with zero attached hydrogens (tertiary/aromatic N) is 2. The van der Waals surface area contributed by atoms with Gasteiger partial charge in [0.25, 0.3) is 0 Å². The van der Waals surface area contributed by atoms with Crippen LogP contribution in [0.4, 0.5) is 0 Å². The highest BCUT2D eigenvalue weighted by Gasteiger charge is 2.24. The summed E-state index contributed by atoms with van der Waals surface area (Å²) in [6.45, 7) is -0.00761. The molecular formula is C7H6N2O3. The zero-order valence-electron chi connectivity index (χ0n) is 6.15. The van der Waals surface area contributed by atoms with Crippen molar-refractivity contribution in [1.82, 2.24) is 0 Å². The molecule has 1 heterocycles. The Hall–Kier alpha value is -1.72. The van der Waals surface area contributed by atoms with E-state index in [0.29, 0.717) is 0 Å². The maximum absolute atomic E-state index is 8.62. The van der Waals surface area contributed by atoms with Gasteiger partial charge >= 0.3 is 5.95 Å². The average Bonchev–Trinajstić information content (AvgIpc) is 2.55. The topological polar surface area (TPSA) is 86.3 Å². The molecule has 0 aliphatic carbocycles. The first kappa shape index (κ1) is 8.38. The molecule has 5 heteroatoms. The maximum atomic E-state index is 8.62. The minimum Gasteiger partial charge on any atom is -0.460 e. The van der Waals surface area contributed by atoms with Gasteiger partial charge < -0.3 is 14.6 Å². The third-order valence-electron chi connectivity index (χ3n) is 1.31. The summed E-state index contributed by atoms with van der Waals surface area (Å²) < 4.78 is 9.77. The van der Waals surface area contributed by atoms with Crippen LogP contribution in [-0.4, -0.2) is 24.4 Å². The standard InChI is InChI=1S/C7H6N2O3/c8-1-5(2-9)7-11-4-6(3-10)12-7/h6,10H,3-4H2. The highest BCUT2D eigenvalue weighted by molar-refractivity contribution is 5.36. The molecule has 0 spiro atoms. The molecule has 12 heavy (non-hydrogen) atoms. The van der Waals surface area contributed by atoms with Gasteiger partial charge in [0.15, 0.2) is 6.10 Å². The van der Waals surface area contributed by atoms with Crippen LogP contribution >= 0.6 is 0 Å². The smallest absolute Gasteiger partial charge is 0.309 e. The van der Waals surface area contributed by atoms with Crippen molar-refractivity contribution in [2.45, 2.75) is 6.10 Å². The average molecular weight is 166 g/mol. The Labute approximate surface area is 69.0 Å². The van der Waals surface area contributed by atoms with Crippen molar-refractivity contribution in [2.24, 2.45) is 0 Å². The molecule has 0 aromatic carbocycles. The molecule has 0 aromatic rings. The fourth-order valence-electron chi connectivity index (χ4n) is 0.725. The molecule has 1 aliphatic heterocycles. The molecule has 0 bridgehead atoms. The summed E-state index contributed by atoms with van der Waals surface area (Å²) in [7, 11) is 0. The van der Waals surface area contributed by atoms with Gasteiger partial charge in [-0.2, -0.15) is 10.5 Å². The first-order valence-electron chi connectivity index (χ1n) is 3.26. The zero-order valence-corrected chi connectivity index (χ0v) is 6.15. The van der Waals surface area contributed by atoms with Gasteiger partial charge in [-0.3, -0.25) is 0 Å². The number of aliphatic hydroxyl groups excluding tert-OH is 1. The predicted molar refractivity (Wildman–Crippen MR) is 36.2 cm³/mol. The summed E-state index contributed by atoms with van der Waals surface area (Å²) in [4.78, 5) is 0. The first-order chi connectivity index (χ1) is 5.81. The van der Waals surface area contributed by atoms with Gasteiger partial charge in [-0.1, -0.05) is 0 Å². The number of nitriles is 2. The quantitative estimate of drug-likeness (QED) is 0.538. The monoisotopic (exact) mass is 166 g/mol. The normalized spacial score (nSPS) is 20.2. The fourth-order valence-corrected chi connectivity index (χ4v) is 0.725. The van der Waals surface area contributed by atoms with Gasteiger partial charge in [0.1, 0.15) is 18.7 Å². The van der Waals surface area contributed by atoms with Crippen LogP contribution in [0.1, 0.15) is 0 Å². The molecule has 5 nitrogen and oxygen atoms in total. The number of allylic oxidation sites excluding steroid dienone is 1. The number of aliphatic hydroxyl groups is 1. The van der Waals surface area contributed by atoms with Crippen LogP contribution in [0.25, 0.3) is 0 Å². The molecule has 62 valence electrons. The van der Waals surface area contributed by atoms with Gasteiger partial charge in [-0.05, 0) is 0 Å². The molecule has 1 fully saturated rings. The van der Waals surface area contributed by atoms with Crippen LogP contribution in [0.3, 0.4) is 0 Å². The lowest BCUT2D eigenvalue weighted by atomic mass is 10.3. The molecule has 0 saturated carbocycles. The van der Waals surface area contributed by atoms with E-state index in [4.69, 9.17) is 25.1 Å². The molecule has 1 unspecified atom stereocenters. The Bertz CT molecular complexity index is 268. The Balaban J connectivity index is 2.75. The summed E-state index contributed by atoms with van der Waals surface area (Å²) >= 11 is 0. The Morgan fingerprint density at radius 2 is 2.25 bits per heavy atom. The number of hydrogen-bond acceptors (Lipinski definition) is 5. The van der Waals surface area contributed by atoms with E-state index in [1.165, 1.54) is 0 Å². The summed E-state index contributed by atoms with van der Waals surface area (Å²) in [5.74, 6) is -0.0842. The fraction of sp³-hybridized carbons (Fsp3) is 0.429. The number of rotatable bonds is 1. The minimum atomic E-state index is -0.461. The van der Waals surface area contributed by atoms with Crippen LogP contribution in [0, 0.1) is 22.7 Å². The van der Waals surface area contributed by atoms with Gasteiger partial charge in [-0.15, -0.1) is 0 Å². The number of hydrogen-bond donors (Lipinski definition) is 1. The number of ether oxygens (including phenoxy) is 2. The van der Waals surface area contributed by atoms with E-state index in [-0.39, 0.29) is 24.7 Å². The van der Waals surface area contributed by atoms with Gasteiger partial charge in [-0.25, -0.2) is 0 Å². The molecule has 0 radical (unpaired) electrons. The van der Waals surface area contributed by atoms with Gasteiger partial charge in [0.2, 0.25) is 5.57 Å². The van der Waals surface area contributed by atoms with E-state index in [1.54, 1.807) is 12.1 Å². The van der Waals surface area contributed by atoms with Crippen molar-refractivity contribution < 1.29 is 14.6 Å². The van der Waals surface area contributed by atoms with E-state index >= 15 is 0 Å². The van der Waals surface area contributed by atoms with Crippen molar-refractivity contribution in [2.75, 3.05) is 13.2 Å². The van der Waals surface area contributed by atoms with Crippen LogP contribution in [0.2, 0.25) is 0 Å². The molecule has 0 aromatic heterocycles. The van der Waals surface area contributed by atoms with Crippen molar-refractivity contribution in [3.8, 4) is 12.1 Å². The van der Waals surface area contributed by atoms with Crippen LogP contribution in [0.5, 0.6) is 0 Å². The lowest BCUT2D eigenvalue weighted by Crippen LogP contribution is -2.13. The largest absolute Gasteiger partial charge is 0.460 e. The van der Waals surface area contributed by atoms with Crippen LogP contribution in [-0.2, 0) is 9.47 Å². The van der Waals surface area contributed by atoms with Crippen LogP contribution < -0.4 is 0 Å². The molecular weight excluding hydrogens is 160 g/mol. The molecule has 1 rings (SSSR count). The molecule has 0 amide bonds. The highest BCUT2D eigenvalue weighted by atomic mass is 16.7. The van der Waals surface area contributed by atoms with Gasteiger partial charge in [0, 0.05) is 0 Å². The lowest BCUT2D eigenvalue weighted by molar-refractivity contribution is 0.0924. The van der Waals surface area contributed by atoms with Crippen molar-refractivity contribution >= 4 is 0 Å². The minimum absolute atomic E-state index is 0.0842. The Kier molecular flexibility index (Phi) is 2.52. The predicted octanol–water partition coefficient (Wildman–Crippen LogP) is -0.347. The summed E-state index contributed by atoms with van der Waals surface area (Å²) in [5.41, 5.74) is -0.203. The third-order valence-corrected chi connectivity index (χ3v) is 1.31. The van der Waals surface area contributed by atoms with Gasteiger partial charge in [0.05, 0.1) is 6.61 Å². The highest BCUT2D eigenvalue weighted by Crippen LogP contribution is 2.17. The summed E-state index contributed by atoms with van der Waals surface area (Å²) in [6.07, 6.45) is -0.461. The van der Waals surface area contributed by atoms with E-state index < -0.39 is 6.10 Å². The molecule has 1 aliphatic rings. The second-order valence-electron chi connectivity index (χ2n) is 2.12. The van der Waals surface area contributed by atoms with E-state index in [1.807, 2.05) is 0 Å². The van der Waals surface area contributed by atoms with Crippen molar-refractivity contribution in [3.63, 3.8) is 0 Å². The van der Waals surface area contributed by atoms with Crippen molar-refractivity contribution in [3.05, 3.63) is 11.5 Å². The summed E-state index contributed by atoms with van der Waals surface area (Å²) in [5, 5.41) is 25.4. The van der Waals surface area contributed by atoms with Crippen LogP contribution in [0.15, 0.2) is 11.5 Å². The second-order valence-corrected chi connectivity index (χ2v) is 2.12. The molecule has 1 N–H and O–H groups in total. The zero-order chi connectivity index (χ0) is 8.97. The molecule has 1 saturated heterocycles. The maximum Gasteiger partial charge on any atom is 0.309 e. The van der Waals surface area contributed by atoms with E-state index in [0.717, 1.165) is 0 Å². The second kappa shape index (κ2) is 3.61. The Morgan fingerprint density at radius 1 is 1.58 bits per heavy atom. The van der Waals surface area contributed by atoms with Crippen molar-refractivity contribution in [1.29, 1.82) is 10.5 Å².